The standard InChI is InChI=1S/C4H11O5P/c1-4(8-2,9-3)10(5,6)7/h1-3H3,(H2,5,6,7)/p-2. The van der Waals surface area contributed by atoms with Crippen LogP contribution < -0.4 is 9.79 Å². The summed E-state index contributed by atoms with van der Waals surface area (Å²) in [7, 11) is -2.65. The molecule has 0 fully saturated rings. The molecule has 0 aromatic heterocycles. The van der Waals surface area contributed by atoms with Crippen LogP contribution in [0.25, 0.3) is 0 Å². The van der Waals surface area contributed by atoms with Gasteiger partial charge < -0.3 is 23.8 Å². The third kappa shape index (κ3) is 1.78. The summed E-state index contributed by atoms with van der Waals surface area (Å²) in [5.74, 6) is 0. The van der Waals surface area contributed by atoms with Gasteiger partial charge in [-0.15, -0.1) is 0 Å². The smallest absolute Gasteiger partial charge is 0.190 e. The highest BCUT2D eigenvalue weighted by Crippen LogP contribution is 2.42. The van der Waals surface area contributed by atoms with Gasteiger partial charge in [-0.25, -0.2) is 0 Å². The number of hydrogen-bond donors (Lipinski definition) is 0. The van der Waals surface area contributed by atoms with Gasteiger partial charge in [0, 0.05) is 14.2 Å². The summed E-state index contributed by atoms with van der Waals surface area (Å²) in [6, 6.07) is 0. The zero-order chi connectivity index (χ0) is 8.41. The molecule has 0 saturated heterocycles. The van der Waals surface area contributed by atoms with Gasteiger partial charge >= 0.3 is 0 Å². The second-order valence-electron chi connectivity index (χ2n) is 1.80. The van der Waals surface area contributed by atoms with Crippen LogP contribution in [0, 0.1) is 0 Å². The predicted octanol–water partition coefficient (Wildman–Crippen LogP) is -1.13. The van der Waals surface area contributed by atoms with Gasteiger partial charge in [-0.2, -0.15) is 0 Å². The molecule has 0 heterocycles. The summed E-state index contributed by atoms with van der Waals surface area (Å²) in [6.45, 7) is 1.05. The van der Waals surface area contributed by atoms with E-state index in [1.165, 1.54) is 0 Å². The van der Waals surface area contributed by atoms with Crippen molar-refractivity contribution in [2.24, 2.45) is 0 Å². The van der Waals surface area contributed by atoms with E-state index in [1.54, 1.807) is 0 Å². The average Bonchev–Trinajstić information content (AvgIpc) is 1.84. The van der Waals surface area contributed by atoms with Crippen molar-refractivity contribution in [3.63, 3.8) is 0 Å². The molecule has 10 heavy (non-hydrogen) atoms. The quantitative estimate of drug-likeness (QED) is 0.393. The van der Waals surface area contributed by atoms with Crippen molar-refractivity contribution in [2.75, 3.05) is 14.2 Å². The predicted molar refractivity (Wildman–Crippen MR) is 30.0 cm³/mol. The van der Waals surface area contributed by atoms with E-state index >= 15 is 0 Å². The number of hydrogen-bond acceptors (Lipinski definition) is 5. The Morgan fingerprint density at radius 2 is 1.60 bits per heavy atom. The number of methoxy groups -OCH3 is 2. The molecule has 0 amide bonds. The number of rotatable bonds is 3. The summed E-state index contributed by atoms with van der Waals surface area (Å²) in [5.41, 5.74) is -2.03. The van der Waals surface area contributed by atoms with Crippen molar-refractivity contribution in [1.29, 1.82) is 0 Å². The van der Waals surface area contributed by atoms with E-state index < -0.39 is 13.1 Å². The van der Waals surface area contributed by atoms with Crippen LogP contribution in [-0.2, 0) is 14.0 Å². The topological polar surface area (TPSA) is 81.7 Å². The maximum atomic E-state index is 10.3. The molecule has 0 N–H and O–H groups in total. The van der Waals surface area contributed by atoms with Crippen LogP contribution in [0.4, 0.5) is 0 Å². The Labute approximate surface area is 59.1 Å². The Kier molecular flexibility index (Phi) is 3.00. The summed E-state index contributed by atoms with van der Waals surface area (Å²) in [5, 5.41) is 0. The Morgan fingerprint density at radius 1 is 1.30 bits per heavy atom. The van der Waals surface area contributed by atoms with Crippen LogP contribution in [0.15, 0.2) is 0 Å². The molecule has 0 aliphatic carbocycles. The van der Waals surface area contributed by atoms with Crippen LogP contribution >= 0.6 is 7.60 Å². The second kappa shape index (κ2) is 2.98. The molecule has 0 atom stereocenters. The molecule has 0 aromatic rings. The fourth-order valence-electron chi connectivity index (χ4n) is 0.307. The van der Waals surface area contributed by atoms with E-state index in [0.717, 1.165) is 21.1 Å². The first-order chi connectivity index (χ1) is 4.37. The summed E-state index contributed by atoms with van der Waals surface area (Å²) < 4.78 is 19.0. The van der Waals surface area contributed by atoms with E-state index in [4.69, 9.17) is 0 Å². The van der Waals surface area contributed by atoms with Crippen molar-refractivity contribution < 1.29 is 23.8 Å². The lowest BCUT2D eigenvalue weighted by atomic mass is 10.7. The molecule has 0 aliphatic heterocycles. The van der Waals surface area contributed by atoms with Crippen molar-refractivity contribution >= 4 is 7.60 Å². The van der Waals surface area contributed by atoms with Gasteiger partial charge in [0.25, 0.3) is 0 Å². The first-order valence-electron chi connectivity index (χ1n) is 2.50. The molecule has 0 saturated carbocycles. The van der Waals surface area contributed by atoms with E-state index in [0.29, 0.717) is 0 Å². The molecule has 0 rings (SSSR count). The fourth-order valence-corrected chi connectivity index (χ4v) is 0.754. The van der Waals surface area contributed by atoms with Gasteiger partial charge in [-0.05, 0) is 14.5 Å². The molecule has 0 spiro atoms. The van der Waals surface area contributed by atoms with Crippen LogP contribution in [0.3, 0.4) is 0 Å². The zero-order valence-electron chi connectivity index (χ0n) is 5.99. The molecule has 62 valence electrons. The lowest BCUT2D eigenvalue weighted by Crippen LogP contribution is -2.39. The first kappa shape index (κ1) is 10.1. The first-order valence-corrected chi connectivity index (χ1v) is 4.04. The third-order valence-electron chi connectivity index (χ3n) is 1.25. The normalized spacial score (nSPS) is 13.7. The lowest BCUT2D eigenvalue weighted by molar-refractivity contribution is -0.349. The monoisotopic (exact) mass is 168 g/mol. The van der Waals surface area contributed by atoms with Crippen LogP contribution in [0.1, 0.15) is 6.92 Å². The Hall–Kier alpha value is 0.0700. The maximum absolute atomic E-state index is 10.3. The summed E-state index contributed by atoms with van der Waals surface area (Å²) >= 11 is 0. The second-order valence-corrected chi connectivity index (χ2v) is 3.61. The molecule has 0 unspecified atom stereocenters. The number of ether oxygens (including phenoxy) is 2. The SMILES string of the molecule is COC(C)(OC)P(=O)([O-])[O-]. The Bertz CT molecular complexity index is 146. The van der Waals surface area contributed by atoms with Crippen molar-refractivity contribution in [1.82, 2.24) is 0 Å². The lowest BCUT2D eigenvalue weighted by Gasteiger charge is -2.44. The fraction of sp³-hybridized carbons (Fsp3) is 1.00. The molecule has 0 radical (unpaired) electrons. The molecule has 0 aromatic carbocycles. The average molecular weight is 168 g/mol. The van der Waals surface area contributed by atoms with Gasteiger partial charge in [-0.3, -0.25) is 0 Å². The van der Waals surface area contributed by atoms with Gasteiger partial charge in [0.15, 0.2) is 5.53 Å². The van der Waals surface area contributed by atoms with Crippen LogP contribution in [-0.4, -0.2) is 19.7 Å². The molecule has 6 heteroatoms. The van der Waals surface area contributed by atoms with E-state index in [9.17, 15) is 14.4 Å². The van der Waals surface area contributed by atoms with Crippen molar-refractivity contribution in [3.8, 4) is 0 Å². The van der Waals surface area contributed by atoms with Crippen LogP contribution in [0.2, 0.25) is 0 Å². The van der Waals surface area contributed by atoms with Gasteiger partial charge in [0.1, 0.15) is 0 Å². The molecule has 0 aliphatic rings. The van der Waals surface area contributed by atoms with Gasteiger partial charge in [-0.1, -0.05) is 0 Å². The third-order valence-corrected chi connectivity index (χ3v) is 2.62. The molecule has 0 bridgehead atoms. The molecule has 5 nitrogen and oxygen atoms in total. The van der Waals surface area contributed by atoms with E-state index in [1.807, 2.05) is 0 Å². The largest absolute Gasteiger partial charge is 0.807 e. The summed E-state index contributed by atoms with van der Waals surface area (Å²) in [6.07, 6.45) is 0. The minimum absolute atomic E-state index is 1.05. The molecular formula is C4H9O5P-2. The van der Waals surface area contributed by atoms with Gasteiger partial charge in [0.2, 0.25) is 0 Å². The summed E-state index contributed by atoms with van der Waals surface area (Å²) in [4.78, 5) is 20.7. The Morgan fingerprint density at radius 3 is 1.60 bits per heavy atom. The maximum Gasteiger partial charge on any atom is 0.190 e. The van der Waals surface area contributed by atoms with Gasteiger partial charge in [0.05, 0.1) is 0 Å². The van der Waals surface area contributed by atoms with E-state index in [-0.39, 0.29) is 0 Å². The highest BCUT2D eigenvalue weighted by molar-refractivity contribution is 7.50. The van der Waals surface area contributed by atoms with E-state index in [2.05, 4.69) is 9.47 Å². The minimum atomic E-state index is -4.83. The Balaban J connectivity index is 4.50. The highest BCUT2D eigenvalue weighted by Gasteiger charge is 2.26. The van der Waals surface area contributed by atoms with Crippen molar-refractivity contribution in [3.05, 3.63) is 0 Å². The minimum Gasteiger partial charge on any atom is -0.807 e. The van der Waals surface area contributed by atoms with Crippen molar-refractivity contribution in [2.45, 2.75) is 12.5 Å². The highest BCUT2D eigenvalue weighted by atomic mass is 31.2. The van der Waals surface area contributed by atoms with Crippen LogP contribution in [0.5, 0.6) is 0 Å². The zero-order valence-corrected chi connectivity index (χ0v) is 6.88. The molecular weight excluding hydrogens is 159 g/mol.